The summed E-state index contributed by atoms with van der Waals surface area (Å²) in [5.41, 5.74) is 0. The van der Waals surface area contributed by atoms with Gasteiger partial charge < -0.3 is 9.64 Å². The lowest BCUT2D eigenvalue weighted by Crippen LogP contribution is -2.34. The molecule has 5 heteroatoms. The average molecular weight is 283 g/mol. The zero-order valence-electron chi connectivity index (χ0n) is 11.6. The van der Waals surface area contributed by atoms with E-state index in [4.69, 9.17) is 4.74 Å². The third kappa shape index (κ3) is 6.38. The quantitative estimate of drug-likeness (QED) is 0.544. The highest BCUT2D eigenvalue weighted by atomic mass is 32.1. The van der Waals surface area contributed by atoms with Crippen molar-refractivity contribution in [1.82, 2.24) is 4.90 Å². The summed E-state index contributed by atoms with van der Waals surface area (Å²) in [6, 6.07) is 3.83. The number of hydrogen-bond acceptors (Lipinski definition) is 4. The van der Waals surface area contributed by atoms with Crippen LogP contribution in [0.4, 0.5) is 0 Å². The van der Waals surface area contributed by atoms with Crippen LogP contribution in [-0.2, 0) is 20.7 Å². The van der Waals surface area contributed by atoms with Gasteiger partial charge in [0, 0.05) is 11.9 Å². The van der Waals surface area contributed by atoms with Gasteiger partial charge in [-0.25, -0.2) is 0 Å². The van der Waals surface area contributed by atoms with Crippen LogP contribution in [-0.4, -0.2) is 37.0 Å². The van der Waals surface area contributed by atoms with Gasteiger partial charge in [0.2, 0.25) is 5.91 Å². The van der Waals surface area contributed by atoms with Crippen LogP contribution in [0.1, 0.15) is 31.1 Å². The first-order valence-electron chi connectivity index (χ1n) is 6.55. The Morgan fingerprint density at radius 2 is 2.16 bits per heavy atom. The van der Waals surface area contributed by atoms with Gasteiger partial charge in [-0.2, -0.15) is 0 Å². The van der Waals surface area contributed by atoms with Gasteiger partial charge in [0.1, 0.15) is 6.54 Å². The maximum atomic E-state index is 11.8. The number of nitrogens with zero attached hydrogens (tertiary/aromatic N) is 1. The number of carbonyl (C=O) groups excluding carboxylic acids is 2. The minimum Gasteiger partial charge on any atom is -0.464 e. The van der Waals surface area contributed by atoms with Crippen molar-refractivity contribution in [2.75, 3.05) is 20.2 Å². The largest absolute Gasteiger partial charge is 0.464 e. The monoisotopic (exact) mass is 283 g/mol. The number of rotatable bonds is 8. The normalized spacial score (nSPS) is 10.2. The van der Waals surface area contributed by atoms with Crippen molar-refractivity contribution in [3.05, 3.63) is 22.4 Å². The molecule has 4 nitrogen and oxygen atoms in total. The SMILES string of the molecule is CCCCCOC(=O)CN(C)C(=O)Cc1cccs1. The number of ether oxygens (including phenoxy) is 1. The van der Waals surface area contributed by atoms with Crippen LogP contribution in [0.15, 0.2) is 17.5 Å². The number of amides is 1. The Morgan fingerprint density at radius 1 is 1.37 bits per heavy atom. The van der Waals surface area contributed by atoms with Gasteiger partial charge >= 0.3 is 5.97 Å². The molecule has 0 aliphatic carbocycles. The van der Waals surface area contributed by atoms with Crippen molar-refractivity contribution in [3.8, 4) is 0 Å². The van der Waals surface area contributed by atoms with Gasteiger partial charge in [0.05, 0.1) is 13.0 Å². The Hall–Kier alpha value is -1.36. The summed E-state index contributed by atoms with van der Waals surface area (Å²) in [6.45, 7) is 2.56. The molecule has 1 aromatic rings. The fourth-order valence-electron chi connectivity index (χ4n) is 1.56. The van der Waals surface area contributed by atoms with Crippen LogP contribution in [0.25, 0.3) is 0 Å². The highest BCUT2D eigenvalue weighted by Gasteiger charge is 2.14. The molecule has 1 aromatic heterocycles. The molecule has 0 bridgehead atoms. The molecule has 0 aliphatic heterocycles. The summed E-state index contributed by atoms with van der Waals surface area (Å²) in [5.74, 6) is -0.397. The van der Waals surface area contributed by atoms with E-state index < -0.39 is 0 Å². The van der Waals surface area contributed by atoms with Gasteiger partial charge in [0.25, 0.3) is 0 Å². The summed E-state index contributed by atoms with van der Waals surface area (Å²) in [7, 11) is 1.63. The second-order valence-electron chi connectivity index (χ2n) is 4.43. The molecule has 0 atom stereocenters. The molecule has 0 spiro atoms. The fourth-order valence-corrected chi connectivity index (χ4v) is 2.26. The van der Waals surface area contributed by atoms with Crippen LogP contribution in [0, 0.1) is 0 Å². The number of likely N-dealkylation sites (N-methyl/N-ethyl adjacent to an activating group) is 1. The van der Waals surface area contributed by atoms with E-state index in [-0.39, 0.29) is 18.4 Å². The fraction of sp³-hybridized carbons (Fsp3) is 0.571. The second-order valence-corrected chi connectivity index (χ2v) is 5.47. The molecule has 0 saturated heterocycles. The predicted molar refractivity (Wildman–Crippen MR) is 76.1 cm³/mol. The molecule has 0 saturated carbocycles. The lowest BCUT2D eigenvalue weighted by atomic mass is 10.3. The smallest absolute Gasteiger partial charge is 0.325 e. The van der Waals surface area contributed by atoms with Crippen LogP contribution >= 0.6 is 11.3 Å². The summed E-state index contributed by atoms with van der Waals surface area (Å²) >= 11 is 1.54. The van der Waals surface area contributed by atoms with E-state index in [0.29, 0.717) is 13.0 Å². The Labute approximate surface area is 118 Å². The molecule has 0 fully saturated rings. The molecule has 1 rings (SSSR count). The maximum absolute atomic E-state index is 11.8. The van der Waals surface area contributed by atoms with E-state index in [1.807, 2.05) is 17.5 Å². The van der Waals surface area contributed by atoms with E-state index in [1.54, 1.807) is 18.4 Å². The van der Waals surface area contributed by atoms with Crippen molar-refractivity contribution in [1.29, 1.82) is 0 Å². The van der Waals surface area contributed by atoms with E-state index >= 15 is 0 Å². The van der Waals surface area contributed by atoms with Crippen LogP contribution in [0.5, 0.6) is 0 Å². The van der Waals surface area contributed by atoms with Crippen molar-refractivity contribution in [3.63, 3.8) is 0 Å². The molecular weight excluding hydrogens is 262 g/mol. The minimum absolute atomic E-state index is 0.0241. The van der Waals surface area contributed by atoms with Crippen LogP contribution in [0.3, 0.4) is 0 Å². The van der Waals surface area contributed by atoms with Crippen LogP contribution in [0.2, 0.25) is 0 Å². The topological polar surface area (TPSA) is 46.6 Å². The second kappa shape index (κ2) is 8.69. The third-order valence-electron chi connectivity index (χ3n) is 2.71. The zero-order chi connectivity index (χ0) is 14.1. The Balaban J connectivity index is 2.23. The molecule has 0 aromatic carbocycles. The van der Waals surface area contributed by atoms with Gasteiger partial charge in [-0.1, -0.05) is 25.8 Å². The van der Waals surface area contributed by atoms with E-state index in [2.05, 4.69) is 6.92 Å². The number of carbonyl (C=O) groups is 2. The third-order valence-corrected chi connectivity index (χ3v) is 3.58. The molecule has 1 amide bonds. The molecule has 106 valence electrons. The standard InChI is InChI=1S/C14H21NO3S/c1-3-4-5-8-18-14(17)11-15(2)13(16)10-12-7-6-9-19-12/h6-7,9H,3-5,8,10-11H2,1-2H3. The highest BCUT2D eigenvalue weighted by Crippen LogP contribution is 2.10. The number of unbranched alkanes of at least 4 members (excludes halogenated alkanes) is 2. The maximum Gasteiger partial charge on any atom is 0.325 e. The van der Waals surface area contributed by atoms with Crippen molar-refractivity contribution in [2.45, 2.75) is 32.6 Å². The van der Waals surface area contributed by atoms with Gasteiger partial charge in [0.15, 0.2) is 0 Å². The molecule has 1 heterocycles. The molecular formula is C14H21NO3S. The van der Waals surface area contributed by atoms with Crippen molar-refractivity contribution < 1.29 is 14.3 Å². The summed E-state index contributed by atoms with van der Waals surface area (Å²) in [6.07, 6.45) is 3.38. The van der Waals surface area contributed by atoms with E-state index in [9.17, 15) is 9.59 Å². The Kier molecular flexibility index (Phi) is 7.18. The van der Waals surface area contributed by atoms with Crippen molar-refractivity contribution >= 4 is 23.2 Å². The van der Waals surface area contributed by atoms with Crippen molar-refractivity contribution in [2.24, 2.45) is 0 Å². The molecule has 0 N–H and O–H groups in total. The zero-order valence-corrected chi connectivity index (χ0v) is 12.4. The lowest BCUT2D eigenvalue weighted by molar-refractivity contribution is -0.148. The van der Waals surface area contributed by atoms with E-state index in [1.165, 1.54) is 4.90 Å². The van der Waals surface area contributed by atoms with Crippen LogP contribution < -0.4 is 0 Å². The molecule has 0 unspecified atom stereocenters. The number of hydrogen-bond donors (Lipinski definition) is 0. The van der Waals surface area contributed by atoms with Gasteiger partial charge in [-0.3, -0.25) is 9.59 Å². The lowest BCUT2D eigenvalue weighted by Gasteiger charge is -2.15. The Bertz CT molecular complexity index is 389. The molecule has 0 aliphatic rings. The first-order chi connectivity index (χ1) is 9.13. The Morgan fingerprint density at radius 3 is 2.79 bits per heavy atom. The number of esters is 1. The minimum atomic E-state index is -0.335. The summed E-state index contributed by atoms with van der Waals surface area (Å²) in [5, 5.41) is 1.94. The molecule has 0 radical (unpaired) electrons. The summed E-state index contributed by atoms with van der Waals surface area (Å²) < 4.78 is 5.07. The predicted octanol–water partition coefficient (Wildman–Crippen LogP) is 2.48. The first-order valence-corrected chi connectivity index (χ1v) is 7.43. The van der Waals surface area contributed by atoms with Gasteiger partial charge in [-0.05, 0) is 17.9 Å². The molecule has 19 heavy (non-hydrogen) atoms. The number of thiophene rings is 1. The first kappa shape index (κ1) is 15.7. The van der Waals surface area contributed by atoms with Gasteiger partial charge in [-0.15, -0.1) is 11.3 Å². The van der Waals surface area contributed by atoms with E-state index in [0.717, 1.165) is 24.1 Å². The summed E-state index contributed by atoms with van der Waals surface area (Å²) in [4.78, 5) is 25.8. The average Bonchev–Trinajstić information content (AvgIpc) is 2.87. The highest BCUT2D eigenvalue weighted by molar-refractivity contribution is 7.10.